The monoisotopic (exact) mass is 266 g/mol. The number of nitrogens with one attached hydrogen (secondary N) is 2. The Morgan fingerprint density at radius 3 is 2.84 bits per heavy atom. The average molecular weight is 266 g/mol. The zero-order valence-electron chi connectivity index (χ0n) is 10.6. The summed E-state index contributed by atoms with van der Waals surface area (Å²) in [5.41, 5.74) is 0.513. The van der Waals surface area contributed by atoms with Gasteiger partial charge in [-0.1, -0.05) is 12.8 Å². The lowest BCUT2D eigenvalue weighted by Crippen LogP contribution is -2.34. The molecular formula is C12H18N4O3. The molecule has 0 spiro atoms. The third-order valence-corrected chi connectivity index (χ3v) is 3.12. The summed E-state index contributed by atoms with van der Waals surface area (Å²) in [6.07, 6.45) is 7.65. The van der Waals surface area contributed by atoms with Crippen LogP contribution in [0.1, 0.15) is 25.7 Å². The number of aliphatic carboxylic acids is 1. The number of hydrogen-bond donors (Lipinski definition) is 3. The Bertz CT molecular complexity index is 452. The van der Waals surface area contributed by atoms with Crippen LogP contribution in [0, 0.1) is 0 Å². The van der Waals surface area contributed by atoms with Gasteiger partial charge in [0.2, 0.25) is 5.91 Å². The Kier molecular flexibility index (Phi) is 4.51. The number of anilines is 1. The van der Waals surface area contributed by atoms with Crippen molar-refractivity contribution >= 4 is 17.6 Å². The molecule has 0 aromatic carbocycles. The van der Waals surface area contributed by atoms with E-state index in [0.29, 0.717) is 11.7 Å². The van der Waals surface area contributed by atoms with Crippen LogP contribution in [0.4, 0.5) is 5.69 Å². The number of carboxylic acid groups (broad SMARTS) is 1. The fourth-order valence-corrected chi connectivity index (χ4v) is 2.23. The third kappa shape index (κ3) is 4.36. The summed E-state index contributed by atoms with van der Waals surface area (Å²) in [5.74, 6) is -1.11. The van der Waals surface area contributed by atoms with Gasteiger partial charge in [-0.2, -0.15) is 5.10 Å². The molecular weight excluding hydrogens is 248 g/mol. The molecule has 1 aliphatic carbocycles. The third-order valence-electron chi connectivity index (χ3n) is 3.12. The minimum absolute atomic E-state index is 0.137. The number of carbonyl (C=O) groups excluding carboxylic acids is 1. The fraction of sp³-hybridized carbons (Fsp3) is 0.583. The topological polar surface area (TPSA) is 96.2 Å². The zero-order chi connectivity index (χ0) is 13.7. The van der Waals surface area contributed by atoms with Gasteiger partial charge in [0, 0.05) is 12.2 Å². The number of carboxylic acids is 1. The highest BCUT2D eigenvalue weighted by Gasteiger charge is 2.15. The Labute approximate surface area is 111 Å². The van der Waals surface area contributed by atoms with Crippen molar-refractivity contribution in [2.75, 3.05) is 11.9 Å². The molecule has 0 atom stereocenters. The Morgan fingerprint density at radius 1 is 1.42 bits per heavy atom. The molecule has 1 aromatic rings. The van der Waals surface area contributed by atoms with Crippen LogP contribution < -0.4 is 10.6 Å². The molecule has 0 radical (unpaired) electrons. The minimum Gasteiger partial charge on any atom is -0.480 e. The van der Waals surface area contributed by atoms with Crippen molar-refractivity contribution in [3.63, 3.8) is 0 Å². The second kappa shape index (κ2) is 6.33. The number of amides is 1. The van der Waals surface area contributed by atoms with Crippen molar-refractivity contribution in [1.82, 2.24) is 15.1 Å². The van der Waals surface area contributed by atoms with Gasteiger partial charge in [-0.3, -0.25) is 14.3 Å². The highest BCUT2D eigenvalue weighted by atomic mass is 16.4. The summed E-state index contributed by atoms with van der Waals surface area (Å²) < 4.78 is 1.27. The second-order valence-electron chi connectivity index (χ2n) is 4.73. The second-order valence-corrected chi connectivity index (χ2v) is 4.73. The zero-order valence-corrected chi connectivity index (χ0v) is 10.6. The summed E-state index contributed by atoms with van der Waals surface area (Å²) in [6, 6.07) is 0.445. The van der Waals surface area contributed by atoms with Crippen LogP contribution in [0.15, 0.2) is 12.4 Å². The van der Waals surface area contributed by atoms with E-state index in [4.69, 9.17) is 5.11 Å². The van der Waals surface area contributed by atoms with Gasteiger partial charge >= 0.3 is 5.97 Å². The molecule has 7 heteroatoms. The lowest BCUT2D eigenvalue weighted by molar-refractivity contribution is -0.137. The molecule has 7 nitrogen and oxygen atoms in total. The summed E-state index contributed by atoms with van der Waals surface area (Å²) in [4.78, 5) is 22.2. The van der Waals surface area contributed by atoms with Gasteiger partial charge in [-0.25, -0.2) is 0 Å². The van der Waals surface area contributed by atoms with E-state index in [9.17, 15) is 9.59 Å². The molecule has 1 aromatic heterocycles. The van der Waals surface area contributed by atoms with Crippen molar-refractivity contribution in [3.05, 3.63) is 12.4 Å². The molecule has 1 fully saturated rings. The van der Waals surface area contributed by atoms with Crippen molar-refractivity contribution < 1.29 is 14.7 Å². The van der Waals surface area contributed by atoms with Crippen LogP contribution in [0.25, 0.3) is 0 Å². The lowest BCUT2D eigenvalue weighted by atomic mass is 10.2. The number of carbonyl (C=O) groups is 2. The van der Waals surface area contributed by atoms with E-state index in [1.54, 1.807) is 0 Å². The maximum absolute atomic E-state index is 11.7. The normalized spacial score (nSPS) is 15.6. The standard InChI is InChI=1S/C12H18N4O3/c17-11(6-13-9-3-1-2-4-9)15-10-5-14-16(7-10)8-12(18)19/h5,7,9,13H,1-4,6,8H2,(H,15,17)(H,18,19). The largest absolute Gasteiger partial charge is 0.480 e. The van der Waals surface area contributed by atoms with Gasteiger partial charge in [-0.05, 0) is 12.8 Å². The smallest absolute Gasteiger partial charge is 0.325 e. The van der Waals surface area contributed by atoms with Crippen LogP contribution >= 0.6 is 0 Å². The van der Waals surface area contributed by atoms with E-state index < -0.39 is 5.97 Å². The molecule has 1 amide bonds. The van der Waals surface area contributed by atoms with E-state index >= 15 is 0 Å². The molecule has 0 aliphatic heterocycles. The minimum atomic E-state index is -0.969. The predicted octanol–water partition coefficient (Wildman–Crippen LogP) is 0.438. The van der Waals surface area contributed by atoms with Gasteiger partial charge in [0.05, 0.1) is 18.4 Å². The van der Waals surface area contributed by atoms with E-state index in [0.717, 1.165) is 12.8 Å². The molecule has 0 bridgehead atoms. The summed E-state index contributed by atoms with van der Waals surface area (Å²) in [5, 5.41) is 18.3. The molecule has 0 saturated heterocycles. The van der Waals surface area contributed by atoms with Gasteiger partial charge in [0.1, 0.15) is 6.54 Å². The number of rotatable bonds is 6. The molecule has 3 N–H and O–H groups in total. The molecule has 104 valence electrons. The Balaban J connectivity index is 1.74. The van der Waals surface area contributed by atoms with Crippen LogP contribution in [-0.2, 0) is 16.1 Å². The lowest BCUT2D eigenvalue weighted by Gasteiger charge is -2.10. The fourth-order valence-electron chi connectivity index (χ4n) is 2.23. The number of aromatic nitrogens is 2. The van der Waals surface area contributed by atoms with Gasteiger partial charge in [0.15, 0.2) is 0 Å². The number of nitrogens with zero attached hydrogens (tertiary/aromatic N) is 2. The molecule has 19 heavy (non-hydrogen) atoms. The van der Waals surface area contributed by atoms with Crippen molar-refractivity contribution in [3.8, 4) is 0 Å². The van der Waals surface area contributed by atoms with E-state index in [1.165, 1.54) is 29.9 Å². The first-order valence-electron chi connectivity index (χ1n) is 6.41. The Morgan fingerprint density at radius 2 is 2.16 bits per heavy atom. The van der Waals surface area contributed by atoms with Crippen molar-refractivity contribution in [2.45, 2.75) is 38.3 Å². The van der Waals surface area contributed by atoms with Gasteiger partial charge < -0.3 is 15.7 Å². The maximum Gasteiger partial charge on any atom is 0.325 e. The molecule has 1 aliphatic rings. The van der Waals surface area contributed by atoms with Crippen LogP contribution in [-0.4, -0.2) is 39.4 Å². The quantitative estimate of drug-likeness (QED) is 0.694. The van der Waals surface area contributed by atoms with Gasteiger partial charge in [-0.15, -0.1) is 0 Å². The summed E-state index contributed by atoms with van der Waals surface area (Å²) in [7, 11) is 0. The molecule has 0 unspecified atom stereocenters. The molecule has 1 saturated carbocycles. The summed E-state index contributed by atoms with van der Waals surface area (Å²) in [6.45, 7) is 0.0605. The van der Waals surface area contributed by atoms with E-state index in [-0.39, 0.29) is 19.0 Å². The van der Waals surface area contributed by atoms with Crippen molar-refractivity contribution in [1.29, 1.82) is 0 Å². The number of hydrogen-bond acceptors (Lipinski definition) is 4. The highest BCUT2D eigenvalue weighted by Crippen LogP contribution is 2.17. The van der Waals surface area contributed by atoms with Crippen LogP contribution in [0.3, 0.4) is 0 Å². The Hall–Kier alpha value is -1.89. The van der Waals surface area contributed by atoms with E-state index in [1.807, 2.05) is 0 Å². The SMILES string of the molecule is O=C(O)Cn1cc(NC(=O)CNC2CCCC2)cn1. The summed E-state index contributed by atoms with van der Waals surface area (Å²) >= 11 is 0. The molecule has 1 heterocycles. The predicted molar refractivity (Wildman–Crippen MR) is 68.8 cm³/mol. The highest BCUT2D eigenvalue weighted by molar-refractivity contribution is 5.92. The van der Waals surface area contributed by atoms with E-state index in [2.05, 4.69) is 15.7 Å². The van der Waals surface area contributed by atoms with Crippen molar-refractivity contribution in [2.24, 2.45) is 0 Å². The first kappa shape index (κ1) is 13.5. The first-order chi connectivity index (χ1) is 9.13. The average Bonchev–Trinajstić information content (AvgIpc) is 2.97. The van der Waals surface area contributed by atoms with Crippen LogP contribution in [0.5, 0.6) is 0 Å². The van der Waals surface area contributed by atoms with Crippen LogP contribution in [0.2, 0.25) is 0 Å². The molecule has 2 rings (SSSR count). The van der Waals surface area contributed by atoms with Gasteiger partial charge in [0.25, 0.3) is 0 Å². The maximum atomic E-state index is 11.7. The first-order valence-corrected chi connectivity index (χ1v) is 6.41.